The number of hydrogen-bond acceptors (Lipinski definition) is 5. The van der Waals surface area contributed by atoms with Crippen molar-refractivity contribution in [3.05, 3.63) is 76.5 Å². The average Bonchev–Trinajstić information content (AvgIpc) is 2.73. The molecule has 2 aromatic rings. The molecule has 0 saturated carbocycles. The lowest BCUT2D eigenvalue weighted by molar-refractivity contribution is -0.143. The quantitative estimate of drug-likeness (QED) is 0.146. The molecule has 0 amide bonds. The van der Waals surface area contributed by atoms with Gasteiger partial charge in [-0.3, -0.25) is 0 Å². The smallest absolute Gasteiger partial charge is 0.416 e. The molecule has 1 N–H and O–H groups in total. The number of benzene rings is 2. The van der Waals surface area contributed by atoms with E-state index < -0.39 is 40.9 Å². The normalized spacial score (nSPS) is 13.0. The molecule has 0 unspecified atom stereocenters. The van der Waals surface area contributed by atoms with Crippen LogP contribution >= 0.6 is 0 Å². The van der Waals surface area contributed by atoms with Gasteiger partial charge in [-0.05, 0) is 28.9 Å². The Labute approximate surface area is 183 Å². The minimum absolute atomic E-state index is 0.0244. The Morgan fingerprint density at radius 3 is 2.06 bits per heavy atom. The number of carboxylic acid groups (broad SMARTS) is 1. The number of hydrogen-bond donors (Lipinski definition) is 1. The lowest BCUT2D eigenvalue weighted by atomic mass is 10.0. The molecule has 0 atom stereocenters. The van der Waals surface area contributed by atoms with Gasteiger partial charge in [0, 0.05) is 11.1 Å². The van der Waals surface area contributed by atoms with Crippen molar-refractivity contribution >= 4 is 17.4 Å². The number of halogens is 6. The number of rotatable bonds is 7. The Balaban J connectivity index is 2.40. The second kappa shape index (κ2) is 10.3. The number of nitrogens with zero attached hydrogens (tertiary/aromatic N) is 1. The van der Waals surface area contributed by atoms with Crippen LogP contribution < -0.4 is 0 Å². The van der Waals surface area contributed by atoms with E-state index in [4.69, 9.17) is 14.3 Å². The minimum atomic E-state index is -5.05. The van der Waals surface area contributed by atoms with Crippen LogP contribution in [0.3, 0.4) is 0 Å². The molecule has 33 heavy (non-hydrogen) atoms. The predicted molar refractivity (Wildman–Crippen MR) is 104 cm³/mol. The number of ether oxygens (including phenoxy) is 2. The minimum Gasteiger partial charge on any atom is -0.503 e. The number of carbonyl (C=O) groups is 1. The molecule has 0 fully saturated rings. The Kier molecular flexibility index (Phi) is 7.96. The monoisotopic (exact) mass is 477 g/mol. The van der Waals surface area contributed by atoms with E-state index in [1.807, 2.05) is 0 Å². The molecule has 2 aromatic carbocycles. The number of carboxylic acids is 1. The van der Waals surface area contributed by atoms with Crippen LogP contribution in [0.2, 0.25) is 0 Å². The lowest BCUT2D eigenvalue weighted by Crippen LogP contribution is -2.14. The van der Waals surface area contributed by atoms with E-state index in [1.165, 1.54) is 19.2 Å². The zero-order chi connectivity index (χ0) is 24.8. The van der Waals surface area contributed by atoms with E-state index in [0.717, 1.165) is 13.4 Å². The second-order valence-corrected chi connectivity index (χ2v) is 6.40. The molecule has 0 aliphatic rings. The van der Waals surface area contributed by atoms with E-state index in [9.17, 15) is 36.2 Å². The van der Waals surface area contributed by atoms with Crippen LogP contribution in [0.5, 0.6) is 0 Å². The summed E-state index contributed by atoms with van der Waals surface area (Å²) in [5, 5.41) is 12.9. The lowest BCUT2D eigenvalue weighted by Gasteiger charge is -2.14. The van der Waals surface area contributed by atoms with Gasteiger partial charge in [0.15, 0.2) is 0 Å². The summed E-state index contributed by atoms with van der Waals surface area (Å²) < 4.78 is 88.1. The first-order valence-corrected chi connectivity index (χ1v) is 8.96. The molecule has 0 heterocycles. The molecule has 0 aliphatic heterocycles. The summed E-state index contributed by atoms with van der Waals surface area (Å²) in [7, 11) is 2.25. The molecular formula is C21H17F6NO5. The molecule has 0 saturated heterocycles. The topological polar surface area (TPSA) is 77.4 Å². The Bertz CT molecular complexity index is 1030. The Morgan fingerprint density at radius 2 is 1.58 bits per heavy atom. The van der Waals surface area contributed by atoms with Crippen molar-refractivity contribution < 1.29 is 50.6 Å². The maximum Gasteiger partial charge on any atom is 0.416 e. The summed E-state index contributed by atoms with van der Waals surface area (Å²) >= 11 is 0. The third-order valence-electron chi connectivity index (χ3n) is 4.17. The van der Waals surface area contributed by atoms with Crippen LogP contribution in [0.15, 0.2) is 53.9 Å². The molecule has 0 spiro atoms. The summed E-state index contributed by atoms with van der Waals surface area (Å²) in [5.41, 5.74) is -3.39. The second-order valence-electron chi connectivity index (χ2n) is 6.40. The highest BCUT2D eigenvalue weighted by atomic mass is 19.4. The van der Waals surface area contributed by atoms with Crippen LogP contribution in [0.4, 0.5) is 26.3 Å². The van der Waals surface area contributed by atoms with Gasteiger partial charge in [0.1, 0.15) is 12.2 Å². The Morgan fingerprint density at radius 1 is 1.00 bits per heavy atom. The molecule has 0 aliphatic carbocycles. The third-order valence-corrected chi connectivity index (χ3v) is 4.17. The van der Waals surface area contributed by atoms with Crippen molar-refractivity contribution in [2.75, 3.05) is 14.2 Å². The van der Waals surface area contributed by atoms with Crippen LogP contribution in [-0.4, -0.2) is 31.2 Å². The highest BCUT2D eigenvalue weighted by molar-refractivity contribution is 6.15. The first-order chi connectivity index (χ1) is 15.4. The third kappa shape index (κ3) is 6.64. The van der Waals surface area contributed by atoms with Crippen molar-refractivity contribution in [2.24, 2.45) is 5.16 Å². The van der Waals surface area contributed by atoms with Crippen molar-refractivity contribution in [3.8, 4) is 0 Å². The van der Waals surface area contributed by atoms with E-state index in [1.54, 1.807) is 12.1 Å². The molecule has 6 nitrogen and oxygen atoms in total. The molecule has 2 rings (SSSR count). The summed E-state index contributed by atoms with van der Waals surface area (Å²) in [5.74, 6) is -1.94. The molecule has 12 heteroatoms. The highest BCUT2D eigenvalue weighted by Crippen LogP contribution is 2.36. The Hall–Kier alpha value is -3.70. The van der Waals surface area contributed by atoms with Gasteiger partial charge in [0.2, 0.25) is 0 Å². The van der Waals surface area contributed by atoms with Crippen LogP contribution in [-0.2, 0) is 38.1 Å². The molecule has 178 valence electrons. The molecule has 0 radical (unpaired) electrons. The summed E-state index contributed by atoms with van der Waals surface area (Å²) in [4.78, 5) is 16.5. The zero-order valence-corrected chi connectivity index (χ0v) is 17.1. The highest BCUT2D eigenvalue weighted by Gasteiger charge is 2.37. The fourth-order valence-corrected chi connectivity index (χ4v) is 2.70. The van der Waals surface area contributed by atoms with Gasteiger partial charge >= 0.3 is 18.3 Å². The number of methoxy groups -OCH3 is 2. The zero-order valence-electron chi connectivity index (χ0n) is 17.1. The maximum absolute atomic E-state index is 13.1. The SMILES string of the molecule is COC=C(C(=O)O)c1ccccc1CON=C(OC)c1cc(C(F)(F)F)cc(C(F)(F)F)c1. The van der Waals surface area contributed by atoms with Crippen molar-refractivity contribution in [3.63, 3.8) is 0 Å². The fourth-order valence-electron chi connectivity index (χ4n) is 2.70. The van der Waals surface area contributed by atoms with E-state index in [-0.39, 0.29) is 23.8 Å². The standard InChI is InChI=1S/C21H17F6NO5/c1-31-11-17(19(29)30)16-6-4-3-5-12(16)10-33-28-18(32-2)13-7-14(20(22,23)24)9-15(8-13)21(25,26)27/h3-9,11H,10H2,1-2H3,(H,29,30). The first kappa shape index (κ1) is 25.6. The van der Waals surface area contributed by atoms with Gasteiger partial charge in [-0.2, -0.15) is 26.3 Å². The molecule has 0 aromatic heterocycles. The average molecular weight is 477 g/mol. The number of oxime groups is 1. The van der Waals surface area contributed by atoms with Crippen molar-refractivity contribution in [2.45, 2.75) is 19.0 Å². The van der Waals surface area contributed by atoms with Crippen molar-refractivity contribution in [1.82, 2.24) is 0 Å². The van der Waals surface area contributed by atoms with Crippen molar-refractivity contribution in [1.29, 1.82) is 0 Å². The van der Waals surface area contributed by atoms with E-state index in [2.05, 4.69) is 5.16 Å². The first-order valence-electron chi connectivity index (χ1n) is 8.96. The van der Waals surface area contributed by atoms with Gasteiger partial charge < -0.3 is 19.4 Å². The predicted octanol–water partition coefficient (Wildman–Crippen LogP) is 5.32. The largest absolute Gasteiger partial charge is 0.503 e. The molecule has 0 bridgehead atoms. The molecular weight excluding hydrogens is 460 g/mol. The van der Waals surface area contributed by atoms with Crippen LogP contribution in [0.1, 0.15) is 27.8 Å². The van der Waals surface area contributed by atoms with Gasteiger partial charge in [-0.1, -0.05) is 24.3 Å². The van der Waals surface area contributed by atoms with Crippen LogP contribution in [0.25, 0.3) is 5.57 Å². The van der Waals surface area contributed by atoms with Gasteiger partial charge in [-0.25, -0.2) is 4.79 Å². The summed E-state index contributed by atoms with van der Waals surface area (Å²) in [6, 6.07) is 6.94. The van der Waals surface area contributed by atoms with Gasteiger partial charge in [-0.15, -0.1) is 0 Å². The van der Waals surface area contributed by atoms with Gasteiger partial charge in [0.05, 0.1) is 31.6 Å². The van der Waals surface area contributed by atoms with Crippen LogP contribution in [0, 0.1) is 0 Å². The summed E-state index contributed by atoms with van der Waals surface area (Å²) in [6.45, 7) is -0.373. The fraction of sp³-hybridized carbons (Fsp3) is 0.238. The van der Waals surface area contributed by atoms with E-state index in [0.29, 0.717) is 17.7 Å². The van der Waals surface area contributed by atoms with Gasteiger partial charge in [0.25, 0.3) is 5.90 Å². The number of aliphatic carboxylic acids is 1. The number of alkyl halides is 6. The summed E-state index contributed by atoms with van der Waals surface area (Å²) in [6.07, 6.45) is -9.10. The van der Waals surface area contributed by atoms with E-state index >= 15 is 0 Å². The maximum atomic E-state index is 13.1.